The van der Waals surface area contributed by atoms with Crippen LogP contribution in [-0.4, -0.2) is 23.0 Å². The van der Waals surface area contributed by atoms with Crippen molar-refractivity contribution in [2.75, 3.05) is 12.4 Å². The van der Waals surface area contributed by atoms with Gasteiger partial charge in [0.05, 0.1) is 12.3 Å². The van der Waals surface area contributed by atoms with Crippen LogP contribution < -0.4 is 5.32 Å². The lowest BCUT2D eigenvalue weighted by Gasteiger charge is -2.00. The van der Waals surface area contributed by atoms with Gasteiger partial charge in [0.1, 0.15) is 22.3 Å². The van der Waals surface area contributed by atoms with Gasteiger partial charge in [-0.05, 0) is 18.2 Å². The number of nitrogens with one attached hydrogen (secondary N) is 1. The van der Waals surface area contributed by atoms with Crippen LogP contribution >= 0.6 is 22.7 Å². The van der Waals surface area contributed by atoms with Gasteiger partial charge < -0.3 is 4.74 Å². The summed E-state index contributed by atoms with van der Waals surface area (Å²) in [6, 6.07) is 3.13. The number of rotatable bonds is 5. The number of anilines is 1. The van der Waals surface area contributed by atoms with Crippen LogP contribution in [0.25, 0.3) is 11.3 Å². The average Bonchev–Trinajstić information content (AvgIpc) is 3.20. The Morgan fingerprint density at radius 3 is 2.88 bits per heavy atom. The predicted molar refractivity (Wildman–Crippen MR) is 88.2 cm³/mol. The molecular formula is C15H11F2N3O2S2. The van der Waals surface area contributed by atoms with Crippen molar-refractivity contribution in [2.24, 2.45) is 0 Å². The molecule has 0 atom stereocenters. The number of amides is 1. The molecular weight excluding hydrogens is 356 g/mol. The number of halogens is 2. The first kappa shape index (κ1) is 16.6. The molecule has 1 amide bonds. The van der Waals surface area contributed by atoms with E-state index in [1.54, 1.807) is 17.9 Å². The summed E-state index contributed by atoms with van der Waals surface area (Å²) in [5.41, 5.74) is 0.550. The van der Waals surface area contributed by atoms with E-state index in [1.807, 2.05) is 0 Å². The number of nitrogens with zero attached hydrogens (tertiary/aromatic N) is 2. The minimum absolute atomic E-state index is 0.0442. The van der Waals surface area contributed by atoms with Crippen molar-refractivity contribution >= 4 is 33.7 Å². The number of aromatic nitrogens is 2. The van der Waals surface area contributed by atoms with Gasteiger partial charge in [-0.1, -0.05) is 0 Å². The molecule has 0 aliphatic carbocycles. The molecule has 0 spiro atoms. The molecule has 0 saturated heterocycles. The topological polar surface area (TPSA) is 64.1 Å². The monoisotopic (exact) mass is 367 g/mol. The van der Waals surface area contributed by atoms with E-state index in [9.17, 15) is 13.6 Å². The molecule has 0 fully saturated rings. The van der Waals surface area contributed by atoms with E-state index in [0.29, 0.717) is 11.6 Å². The van der Waals surface area contributed by atoms with Gasteiger partial charge in [-0.25, -0.2) is 18.7 Å². The maximum Gasteiger partial charge on any atom is 0.276 e. The van der Waals surface area contributed by atoms with Gasteiger partial charge in [0.2, 0.25) is 0 Å². The molecule has 2 heterocycles. The molecule has 0 aliphatic rings. The summed E-state index contributed by atoms with van der Waals surface area (Å²) in [5.74, 6) is -1.56. The summed E-state index contributed by atoms with van der Waals surface area (Å²) in [6.07, 6.45) is 0. The highest BCUT2D eigenvalue weighted by atomic mass is 32.1. The van der Waals surface area contributed by atoms with E-state index in [-0.39, 0.29) is 22.1 Å². The largest absolute Gasteiger partial charge is 0.378 e. The highest BCUT2D eigenvalue weighted by molar-refractivity contribution is 7.14. The van der Waals surface area contributed by atoms with Crippen LogP contribution in [0.15, 0.2) is 29.0 Å². The third-order valence-corrected chi connectivity index (χ3v) is 4.56. The number of carbonyl (C=O) groups excluding carboxylic acids is 1. The van der Waals surface area contributed by atoms with E-state index in [4.69, 9.17) is 4.74 Å². The summed E-state index contributed by atoms with van der Waals surface area (Å²) in [6.45, 7) is 0.332. The molecule has 24 heavy (non-hydrogen) atoms. The minimum Gasteiger partial charge on any atom is -0.378 e. The number of methoxy groups -OCH3 is 1. The third kappa shape index (κ3) is 3.64. The zero-order chi connectivity index (χ0) is 17.1. The quantitative estimate of drug-likeness (QED) is 0.742. The zero-order valence-corrected chi connectivity index (χ0v) is 14.0. The van der Waals surface area contributed by atoms with Gasteiger partial charge in [-0.3, -0.25) is 10.1 Å². The zero-order valence-electron chi connectivity index (χ0n) is 12.4. The Bertz CT molecular complexity index is 879. The summed E-state index contributed by atoms with van der Waals surface area (Å²) >= 11 is 2.43. The third-order valence-electron chi connectivity index (χ3n) is 2.98. The second kappa shape index (κ2) is 7.12. The number of ether oxygens (including phenoxy) is 1. The molecule has 9 heteroatoms. The number of benzene rings is 1. The number of carbonyl (C=O) groups is 1. The Morgan fingerprint density at radius 2 is 2.08 bits per heavy atom. The van der Waals surface area contributed by atoms with E-state index >= 15 is 0 Å². The maximum absolute atomic E-state index is 13.8. The average molecular weight is 367 g/mol. The fraction of sp³-hybridized carbons (Fsp3) is 0.133. The van der Waals surface area contributed by atoms with Crippen LogP contribution in [0.1, 0.15) is 15.5 Å². The highest BCUT2D eigenvalue weighted by Crippen LogP contribution is 2.28. The van der Waals surface area contributed by atoms with Crippen molar-refractivity contribution in [1.82, 2.24) is 9.97 Å². The lowest BCUT2D eigenvalue weighted by Crippen LogP contribution is -2.12. The minimum atomic E-state index is -0.580. The standard InChI is InChI=1S/C15H11F2N3O2S2/c1-22-5-13-18-12(7-23-13)14(21)20-15-19-11(6-24-15)9-4-8(16)2-3-10(9)17/h2-4,6-7H,5H2,1H3,(H,19,20,21). The lowest BCUT2D eigenvalue weighted by atomic mass is 10.1. The van der Waals surface area contributed by atoms with Crippen LogP contribution in [0.2, 0.25) is 0 Å². The van der Waals surface area contributed by atoms with Gasteiger partial charge in [0, 0.05) is 23.4 Å². The van der Waals surface area contributed by atoms with Crippen LogP contribution in [0.5, 0.6) is 0 Å². The second-order valence-electron chi connectivity index (χ2n) is 4.68. The highest BCUT2D eigenvalue weighted by Gasteiger charge is 2.15. The molecule has 0 aliphatic heterocycles. The first-order chi connectivity index (χ1) is 11.6. The van der Waals surface area contributed by atoms with Crippen molar-refractivity contribution in [3.63, 3.8) is 0 Å². The van der Waals surface area contributed by atoms with Gasteiger partial charge in [0.25, 0.3) is 5.91 Å². The Hall–Kier alpha value is -2.23. The normalized spacial score (nSPS) is 10.8. The maximum atomic E-state index is 13.8. The molecule has 3 rings (SSSR count). The first-order valence-electron chi connectivity index (χ1n) is 6.72. The predicted octanol–water partition coefficient (Wildman–Crippen LogP) is 3.94. The first-order valence-corrected chi connectivity index (χ1v) is 8.48. The summed E-state index contributed by atoms with van der Waals surface area (Å²) in [5, 5.41) is 6.72. The van der Waals surface area contributed by atoms with E-state index in [2.05, 4.69) is 15.3 Å². The van der Waals surface area contributed by atoms with Gasteiger partial charge >= 0.3 is 0 Å². The van der Waals surface area contributed by atoms with E-state index in [0.717, 1.165) is 29.5 Å². The molecule has 124 valence electrons. The van der Waals surface area contributed by atoms with Gasteiger partial charge in [0.15, 0.2) is 5.13 Å². The SMILES string of the molecule is COCc1nc(C(=O)Nc2nc(-c3cc(F)ccc3F)cs2)cs1. The van der Waals surface area contributed by atoms with Crippen LogP contribution in [0.4, 0.5) is 13.9 Å². The molecule has 0 saturated carbocycles. The van der Waals surface area contributed by atoms with E-state index in [1.165, 1.54) is 11.3 Å². The van der Waals surface area contributed by atoms with E-state index < -0.39 is 17.5 Å². The Labute approximate surface area is 144 Å². The van der Waals surface area contributed by atoms with Crippen molar-refractivity contribution in [2.45, 2.75) is 6.61 Å². The summed E-state index contributed by atoms with van der Waals surface area (Å²) < 4.78 is 32.0. The summed E-state index contributed by atoms with van der Waals surface area (Å²) in [7, 11) is 1.55. The van der Waals surface area contributed by atoms with Crippen molar-refractivity contribution < 1.29 is 18.3 Å². The molecule has 0 radical (unpaired) electrons. The smallest absolute Gasteiger partial charge is 0.276 e. The number of hydrogen-bond donors (Lipinski definition) is 1. The molecule has 0 bridgehead atoms. The Morgan fingerprint density at radius 1 is 1.25 bits per heavy atom. The van der Waals surface area contributed by atoms with Crippen molar-refractivity contribution in [3.8, 4) is 11.3 Å². The Kier molecular flexibility index (Phi) is 4.93. The fourth-order valence-electron chi connectivity index (χ4n) is 1.91. The van der Waals surface area contributed by atoms with Crippen molar-refractivity contribution in [1.29, 1.82) is 0 Å². The van der Waals surface area contributed by atoms with Gasteiger partial charge in [-0.15, -0.1) is 22.7 Å². The molecule has 1 N–H and O–H groups in total. The molecule has 5 nitrogen and oxygen atoms in total. The van der Waals surface area contributed by atoms with Gasteiger partial charge in [-0.2, -0.15) is 0 Å². The molecule has 0 unspecified atom stereocenters. The lowest BCUT2D eigenvalue weighted by molar-refractivity contribution is 0.102. The second-order valence-corrected chi connectivity index (χ2v) is 6.48. The Balaban J connectivity index is 1.75. The van der Waals surface area contributed by atoms with Crippen LogP contribution in [-0.2, 0) is 11.3 Å². The van der Waals surface area contributed by atoms with Crippen LogP contribution in [0.3, 0.4) is 0 Å². The molecule has 3 aromatic rings. The molecule has 2 aromatic heterocycles. The number of hydrogen-bond acceptors (Lipinski definition) is 6. The fourth-order valence-corrected chi connectivity index (χ4v) is 3.36. The molecule has 1 aromatic carbocycles. The number of thiazole rings is 2. The van der Waals surface area contributed by atoms with Crippen molar-refractivity contribution in [3.05, 3.63) is 51.3 Å². The summed E-state index contributed by atoms with van der Waals surface area (Å²) in [4.78, 5) is 20.4. The van der Waals surface area contributed by atoms with Crippen LogP contribution in [0, 0.1) is 11.6 Å².